The summed E-state index contributed by atoms with van der Waals surface area (Å²) in [5, 5.41) is 3.98. The van der Waals surface area contributed by atoms with E-state index in [2.05, 4.69) is 25.0 Å². The SMILES string of the molecule is Cc1nc2nc(N3CCCCC3)[nH]c(=O)n2n1. The molecule has 0 atom stereocenters. The van der Waals surface area contributed by atoms with E-state index >= 15 is 0 Å². The Kier molecular flexibility index (Phi) is 2.31. The smallest absolute Gasteiger partial charge is 0.342 e. The van der Waals surface area contributed by atoms with Crippen LogP contribution in [0.25, 0.3) is 5.78 Å². The number of aromatic amines is 1. The molecular formula is C10H14N6O. The van der Waals surface area contributed by atoms with E-state index in [4.69, 9.17) is 0 Å². The van der Waals surface area contributed by atoms with Crippen LogP contribution in [0.15, 0.2) is 4.79 Å². The van der Waals surface area contributed by atoms with Crippen molar-refractivity contribution in [3.63, 3.8) is 0 Å². The fraction of sp³-hybridized carbons (Fsp3) is 0.600. The van der Waals surface area contributed by atoms with Gasteiger partial charge in [0.15, 0.2) is 5.82 Å². The molecule has 7 nitrogen and oxygen atoms in total. The van der Waals surface area contributed by atoms with Gasteiger partial charge in [-0.1, -0.05) is 0 Å². The molecule has 0 aromatic carbocycles. The summed E-state index contributed by atoms with van der Waals surface area (Å²) in [7, 11) is 0. The molecule has 1 N–H and O–H groups in total. The summed E-state index contributed by atoms with van der Waals surface area (Å²) in [5.41, 5.74) is -0.281. The fourth-order valence-electron chi connectivity index (χ4n) is 2.14. The minimum atomic E-state index is -0.281. The second kappa shape index (κ2) is 3.83. The molecule has 0 aliphatic carbocycles. The van der Waals surface area contributed by atoms with Crippen LogP contribution in [-0.4, -0.2) is 37.7 Å². The average molecular weight is 234 g/mol. The Bertz CT molecular complexity index is 594. The van der Waals surface area contributed by atoms with E-state index in [0.717, 1.165) is 25.9 Å². The van der Waals surface area contributed by atoms with Crippen LogP contribution in [0, 0.1) is 6.92 Å². The molecule has 0 unspecified atom stereocenters. The van der Waals surface area contributed by atoms with Crippen LogP contribution in [0.2, 0.25) is 0 Å². The van der Waals surface area contributed by atoms with Gasteiger partial charge in [0, 0.05) is 13.1 Å². The number of aryl methyl sites for hydroxylation is 1. The summed E-state index contributed by atoms with van der Waals surface area (Å²) in [5.74, 6) is 1.53. The van der Waals surface area contributed by atoms with E-state index in [-0.39, 0.29) is 5.69 Å². The number of fused-ring (bicyclic) bond motifs is 1. The number of hydrogen-bond donors (Lipinski definition) is 1. The van der Waals surface area contributed by atoms with Crippen molar-refractivity contribution < 1.29 is 0 Å². The molecule has 2 aromatic heterocycles. The fourth-order valence-corrected chi connectivity index (χ4v) is 2.14. The van der Waals surface area contributed by atoms with Crippen molar-refractivity contribution in [2.24, 2.45) is 0 Å². The second-order valence-electron chi connectivity index (χ2n) is 4.28. The molecule has 17 heavy (non-hydrogen) atoms. The average Bonchev–Trinajstić information content (AvgIpc) is 2.71. The van der Waals surface area contributed by atoms with Gasteiger partial charge in [0.25, 0.3) is 5.78 Å². The molecule has 2 aromatic rings. The summed E-state index contributed by atoms with van der Waals surface area (Å²) >= 11 is 0. The Morgan fingerprint density at radius 3 is 2.71 bits per heavy atom. The first-order chi connectivity index (χ1) is 8.24. The predicted molar refractivity (Wildman–Crippen MR) is 62.2 cm³/mol. The zero-order valence-electron chi connectivity index (χ0n) is 9.68. The number of rotatable bonds is 1. The molecule has 0 bridgehead atoms. The minimum Gasteiger partial charge on any atom is -0.342 e. The van der Waals surface area contributed by atoms with Gasteiger partial charge < -0.3 is 4.90 Å². The predicted octanol–water partition coefficient (Wildman–Crippen LogP) is 0.111. The number of H-pyrrole nitrogens is 1. The second-order valence-corrected chi connectivity index (χ2v) is 4.28. The van der Waals surface area contributed by atoms with E-state index < -0.39 is 0 Å². The van der Waals surface area contributed by atoms with Gasteiger partial charge in [-0.05, 0) is 26.2 Å². The standard InChI is InChI=1S/C10H14N6O/c1-7-11-9-12-8(13-10(17)16(9)14-7)15-5-3-2-4-6-15/h2-6H2,1H3,(H,11,12,13,14,17). The monoisotopic (exact) mass is 234 g/mol. The van der Waals surface area contributed by atoms with Crippen LogP contribution in [0.1, 0.15) is 25.1 Å². The Hall–Kier alpha value is -1.92. The first-order valence-corrected chi connectivity index (χ1v) is 5.83. The summed E-state index contributed by atoms with van der Waals surface area (Å²) in [4.78, 5) is 25.1. The highest BCUT2D eigenvalue weighted by atomic mass is 16.1. The lowest BCUT2D eigenvalue weighted by molar-refractivity contribution is 0.566. The third-order valence-corrected chi connectivity index (χ3v) is 2.97. The molecule has 1 saturated heterocycles. The number of nitrogens with zero attached hydrogens (tertiary/aromatic N) is 5. The van der Waals surface area contributed by atoms with Crippen LogP contribution >= 0.6 is 0 Å². The Labute approximate surface area is 97.5 Å². The minimum absolute atomic E-state index is 0.281. The molecule has 3 heterocycles. The number of piperidine rings is 1. The molecule has 90 valence electrons. The number of anilines is 1. The normalized spacial score (nSPS) is 16.6. The summed E-state index contributed by atoms with van der Waals surface area (Å²) < 4.78 is 1.20. The molecule has 0 radical (unpaired) electrons. The zero-order chi connectivity index (χ0) is 11.8. The highest BCUT2D eigenvalue weighted by Gasteiger charge is 2.15. The van der Waals surface area contributed by atoms with Crippen LogP contribution in [-0.2, 0) is 0 Å². The summed E-state index contributed by atoms with van der Waals surface area (Å²) in [6, 6.07) is 0. The van der Waals surface area contributed by atoms with E-state index in [1.54, 1.807) is 6.92 Å². The van der Waals surface area contributed by atoms with Gasteiger partial charge in [-0.25, -0.2) is 4.79 Å². The maximum absolute atomic E-state index is 11.8. The lowest BCUT2D eigenvalue weighted by atomic mass is 10.1. The molecule has 0 amide bonds. The number of nitrogens with one attached hydrogen (secondary N) is 1. The number of hydrogen-bond acceptors (Lipinski definition) is 5. The molecular weight excluding hydrogens is 220 g/mol. The van der Waals surface area contributed by atoms with Crippen LogP contribution in [0.3, 0.4) is 0 Å². The van der Waals surface area contributed by atoms with Gasteiger partial charge in [0.05, 0.1) is 0 Å². The van der Waals surface area contributed by atoms with E-state index in [0.29, 0.717) is 17.6 Å². The largest absolute Gasteiger partial charge is 0.352 e. The third-order valence-electron chi connectivity index (χ3n) is 2.97. The topological polar surface area (TPSA) is 79.2 Å². The highest BCUT2D eigenvalue weighted by Crippen LogP contribution is 2.14. The molecule has 7 heteroatoms. The lowest BCUT2D eigenvalue weighted by Gasteiger charge is -2.26. The van der Waals surface area contributed by atoms with Crippen LogP contribution < -0.4 is 10.6 Å². The summed E-state index contributed by atoms with van der Waals surface area (Å²) in [6.45, 7) is 3.62. The van der Waals surface area contributed by atoms with Gasteiger partial charge >= 0.3 is 5.69 Å². The van der Waals surface area contributed by atoms with Crippen molar-refractivity contribution in [1.29, 1.82) is 0 Å². The molecule has 3 rings (SSSR count). The first kappa shape index (κ1) is 10.2. The van der Waals surface area contributed by atoms with Gasteiger partial charge in [-0.15, -0.1) is 9.61 Å². The summed E-state index contributed by atoms with van der Waals surface area (Å²) in [6.07, 6.45) is 3.52. The Balaban J connectivity index is 2.08. The van der Waals surface area contributed by atoms with Gasteiger partial charge in [0.2, 0.25) is 5.95 Å². The van der Waals surface area contributed by atoms with Crippen LogP contribution in [0.4, 0.5) is 5.95 Å². The Morgan fingerprint density at radius 2 is 1.94 bits per heavy atom. The lowest BCUT2D eigenvalue weighted by Crippen LogP contribution is -2.33. The third kappa shape index (κ3) is 1.77. The highest BCUT2D eigenvalue weighted by molar-refractivity contribution is 5.37. The van der Waals surface area contributed by atoms with Crippen molar-refractivity contribution in [3.8, 4) is 0 Å². The maximum atomic E-state index is 11.8. The zero-order valence-corrected chi connectivity index (χ0v) is 9.68. The van der Waals surface area contributed by atoms with Crippen molar-refractivity contribution in [3.05, 3.63) is 16.3 Å². The number of aromatic nitrogens is 5. The van der Waals surface area contributed by atoms with Crippen LogP contribution in [0.5, 0.6) is 0 Å². The van der Waals surface area contributed by atoms with Crippen molar-refractivity contribution in [2.45, 2.75) is 26.2 Å². The van der Waals surface area contributed by atoms with Crippen molar-refractivity contribution in [2.75, 3.05) is 18.0 Å². The Morgan fingerprint density at radius 1 is 1.18 bits per heavy atom. The molecule has 1 aliphatic rings. The maximum Gasteiger partial charge on any atom is 0.352 e. The van der Waals surface area contributed by atoms with Gasteiger partial charge in [-0.2, -0.15) is 9.97 Å². The van der Waals surface area contributed by atoms with E-state index in [1.165, 1.54) is 10.9 Å². The quantitative estimate of drug-likeness (QED) is 0.757. The van der Waals surface area contributed by atoms with Gasteiger partial charge in [-0.3, -0.25) is 4.98 Å². The van der Waals surface area contributed by atoms with Crippen molar-refractivity contribution >= 4 is 11.7 Å². The molecule has 1 fully saturated rings. The van der Waals surface area contributed by atoms with E-state index in [1.807, 2.05) is 0 Å². The van der Waals surface area contributed by atoms with Crippen molar-refractivity contribution in [1.82, 2.24) is 24.6 Å². The first-order valence-electron chi connectivity index (χ1n) is 5.83. The van der Waals surface area contributed by atoms with E-state index in [9.17, 15) is 4.79 Å². The van der Waals surface area contributed by atoms with Gasteiger partial charge in [0.1, 0.15) is 0 Å². The molecule has 0 spiro atoms. The molecule has 0 saturated carbocycles. The molecule has 1 aliphatic heterocycles.